The molecule has 1 aliphatic rings. The van der Waals surface area contributed by atoms with Crippen LogP contribution in [0.2, 0.25) is 0 Å². The van der Waals surface area contributed by atoms with Gasteiger partial charge >= 0.3 is 0 Å². The Morgan fingerprint density at radius 1 is 0.718 bits per heavy atom. The zero-order valence-corrected chi connectivity index (χ0v) is 44.0. The summed E-state index contributed by atoms with van der Waals surface area (Å²) in [6, 6.07) is -8.26. The molecule has 10 amide bonds. The van der Waals surface area contributed by atoms with Crippen molar-refractivity contribution in [2.45, 2.75) is 169 Å². The van der Waals surface area contributed by atoms with Crippen molar-refractivity contribution in [2.24, 2.45) is 34.2 Å². The number of aliphatic hydroxyl groups is 1. The number of aliphatic hydroxyl groups excluding tert-OH is 1. The highest BCUT2D eigenvalue weighted by molar-refractivity contribution is 5.98. The van der Waals surface area contributed by atoms with Crippen LogP contribution in [0.4, 0.5) is 0 Å². The number of carbonyl (C=O) groups is 10. The molecule has 0 spiro atoms. The molecule has 404 valence electrons. The molecule has 0 aromatic rings. The predicted octanol–water partition coefficient (Wildman–Crippen LogP) is -2.06. The van der Waals surface area contributed by atoms with Gasteiger partial charge in [-0.15, -0.1) is 0 Å². The lowest BCUT2D eigenvalue weighted by atomic mass is 9.95. The first-order valence-corrected chi connectivity index (χ1v) is 24.8. The second kappa shape index (κ2) is 31.3. The Hall–Kier alpha value is -6.07. The zero-order chi connectivity index (χ0) is 54.3. The molecule has 1 aliphatic heterocycles. The lowest BCUT2D eigenvalue weighted by Gasteiger charge is -2.33. The van der Waals surface area contributed by atoms with Crippen LogP contribution in [0.3, 0.4) is 0 Å². The molecule has 24 nitrogen and oxygen atoms in total. The molecule has 0 aromatic heterocycles. The minimum atomic E-state index is -1.62. The maximum Gasteiger partial charge on any atom is 0.245 e. The normalized spacial score (nSPS) is 17.0. The Balaban J connectivity index is 3.34. The van der Waals surface area contributed by atoms with E-state index in [4.69, 9.17) is 11.5 Å². The predicted molar refractivity (Wildman–Crippen MR) is 266 cm³/mol. The lowest BCUT2D eigenvalue weighted by Crippen LogP contribution is -2.63. The van der Waals surface area contributed by atoms with Gasteiger partial charge in [-0.1, -0.05) is 67.7 Å². The van der Waals surface area contributed by atoms with Crippen LogP contribution in [0.15, 0.2) is 4.99 Å². The number of nitrogens with two attached hydrogens (primary N) is 2. The van der Waals surface area contributed by atoms with Gasteiger partial charge < -0.3 is 68.5 Å². The number of hydrogen-bond acceptors (Lipinski definition) is 12. The number of hydrogen-bond donors (Lipinski definition) is 10. The smallest absolute Gasteiger partial charge is 0.245 e. The average Bonchev–Trinajstić information content (AvgIpc) is 3.81. The topological polar surface area (TPSA) is 349 Å². The second-order valence-electron chi connectivity index (χ2n) is 18.8. The van der Waals surface area contributed by atoms with E-state index in [0.29, 0.717) is 51.6 Å². The Bertz CT molecular complexity index is 1860. The van der Waals surface area contributed by atoms with E-state index in [0.717, 1.165) is 4.90 Å². The van der Waals surface area contributed by atoms with Crippen LogP contribution in [0.5, 0.6) is 0 Å². The van der Waals surface area contributed by atoms with Gasteiger partial charge in [-0.2, -0.15) is 0 Å². The highest BCUT2D eigenvalue weighted by Gasteiger charge is 2.40. The number of likely N-dealkylation sites (tertiary alicyclic amines) is 1. The van der Waals surface area contributed by atoms with E-state index in [-0.39, 0.29) is 43.7 Å². The van der Waals surface area contributed by atoms with Crippen molar-refractivity contribution >= 4 is 65.0 Å². The van der Waals surface area contributed by atoms with Crippen molar-refractivity contribution in [1.82, 2.24) is 51.9 Å². The highest BCUT2D eigenvalue weighted by atomic mass is 16.3. The summed E-state index contributed by atoms with van der Waals surface area (Å²) < 4.78 is 0. The van der Waals surface area contributed by atoms with Crippen molar-refractivity contribution in [1.29, 1.82) is 0 Å². The first-order chi connectivity index (χ1) is 33.3. The van der Waals surface area contributed by atoms with Gasteiger partial charge in [0.15, 0.2) is 5.96 Å². The SMILES string of the molecule is CCC[C@H](NC(=O)[C@@H](NC(=O)[C@@H](NC(=O)[C@H](C(C)C)N(C)C(=O)CNC(=O)CN(C)C(C)=O)[C@@H](C)CC)[C@@H](C)O)C(=O)N[C@H](C(=O)N[C@@H](CCCN=C(N)N)C(=O)N1CCC[C@H]1C(=O)NCC)[C@@H](C)CC. The summed E-state index contributed by atoms with van der Waals surface area (Å²) in [5, 5.41) is 29.5. The molecule has 10 atom stereocenters. The van der Waals surface area contributed by atoms with Gasteiger partial charge in [-0.3, -0.25) is 52.9 Å². The van der Waals surface area contributed by atoms with Crippen LogP contribution in [0.1, 0.15) is 121 Å². The molecule has 0 aliphatic carbocycles. The quantitative estimate of drug-likeness (QED) is 0.0211. The van der Waals surface area contributed by atoms with Gasteiger partial charge in [-0.05, 0) is 63.7 Å². The number of carbonyl (C=O) groups excluding carboxylic acids is 10. The van der Waals surface area contributed by atoms with Crippen LogP contribution in [0, 0.1) is 17.8 Å². The molecule has 1 heterocycles. The van der Waals surface area contributed by atoms with Gasteiger partial charge in [0, 0.05) is 40.7 Å². The van der Waals surface area contributed by atoms with Crippen LogP contribution in [0.25, 0.3) is 0 Å². The molecule has 1 saturated heterocycles. The summed E-state index contributed by atoms with van der Waals surface area (Å²) in [7, 11) is 2.81. The standard InChI is InChI=1S/C47H85N13O11/c1-13-19-31(40(65)55-36(27(7)14-2)42(67)54-32(20-17-22-51-47(48)49)46(71)60-23-18-21-33(60)41(66)50-16-4)53-44(69)38(29(9)61)57-43(68)37(28(8)15-3)56-45(70)39(26(5)6)59(12)35(64)24-52-34(63)25-58(11)30(10)62/h26-29,31-33,36-39,61H,13-25H2,1-12H3,(H,50,66)(H,52,63)(H,53,69)(H,54,67)(H,55,65)(H,56,70)(H,57,68)(H4,48,49,51)/t27-,28-,29+,31-,32-,33-,36-,37-,38-,39-/m0/s1. The molecule has 0 unspecified atom stereocenters. The molecular weight excluding hydrogens is 923 g/mol. The van der Waals surface area contributed by atoms with Gasteiger partial charge in [0.1, 0.15) is 42.3 Å². The first-order valence-electron chi connectivity index (χ1n) is 24.8. The fourth-order valence-electron chi connectivity index (χ4n) is 7.94. The third kappa shape index (κ3) is 20.3. The van der Waals surface area contributed by atoms with Crippen molar-refractivity contribution in [2.75, 3.05) is 46.8 Å². The Labute approximate surface area is 419 Å². The molecule has 12 N–H and O–H groups in total. The summed E-state index contributed by atoms with van der Waals surface area (Å²) in [6.07, 6.45) is 1.23. The van der Waals surface area contributed by atoms with Gasteiger partial charge in [0.2, 0.25) is 59.1 Å². The summed E-state index contributed by atoms with van der Waals surface area (Å²) in [5.41, 5.74) is 11.0. The van der Waals surface area contributed by atoms with E-state index >= 15 is 0 Å². The molecule has 0 bridgehead atoms. The summed E-state index contributed by atoms with van der Waals surface area (Å²) in [5.74, 6) is -7.79. The number of amides is 10. The Morgan fingerprint density at radius 2 is 1.25 bits per heavy atom. The lowest BCUT2D eigenvalue weighted by molar-refractivity contribution is -0.142. The zero-order valence-electron chi connectivity index (χ0n) is 44.0. The molecule has 0 radical (unpaired) electrons. The molecule has 0 aromatic carbocycles. The summed E-state index contributed by atoms with van der Waals surface area (Å²) in [6.45, 7) is 16.6. The van der Waals surface area contributed by atoms with Crippen LogP contribution in [-0.2, 0) is 47.9 Å². The molecule has 71 heavy (non-hydrogen) atoms. The third-order valence-corrected chi connectivity index (χ3v) is 12.7. The van der Waals surface area contributed by atoms with E-state index < -0.39 is 120 Å². The molecule has 1 rings (SSSR count). The number of likely N-dealkylation sites (N-methyl/N-ethyl adjacent to an activating group) is 3. The van der Waals surface area contributed by atoms with Crippen molar-refractivity contribution < 1.29 is 53.1 Å². The summed E-state index contributed by atoms with van der Waals surface area (Å²) >= 11 is 0. The maximum absolute atomic E-state index is 14.2. The maximum atomic E-state index is 14.2. The number of aliphatic imine (C=N–C) groups is 1. The largest absolute Gasteiger partial charge is 0.391 e. The minimum absolute atomic E-state index is 0.0858. The number of nitrogens with zero attached hydrogens (tertiary/aromatic N) is 4. The average molecular weight is 1010 g/mol. The minimum Gasteiger partial charge on any atom is -0.391 e. The van der Waals surface area contributed by atoms with Gasteiger partial charge in [0.25, 0.3) is 0 Å². The van der Waals surface area contributed by atoms with E-state index in [9.17, 15) is 53.1 Å². The van der Waals surface area contributed by atoms with E-state index in [1.807, 2.05) is 6.92 Å². The first kappa shape index (κ1) is 62.9. The Morgan fingerprint density at radius 3 is 1.76 bits per heavy atom. The number of rotatable bonds is 30. The van der Waals surface area contributed by atoms with Crippen molar-refractivity contribution in [3.05, 3.63) is 0 Å². The number of nitrogens with one attached hydrogen (secondary N) is 7. The molecular formula is C47H85N13O11. The van der Waals surface area contributed by atoms with Crippen LogP contribution >= 0.6 is 0 Å². The monoisotopic (exact) mass is 1010 g/mol. The molecule has 24 heteroatoms. The van der Waals surface area contributed by atoms with Gasteiger partial charge in [-0.25, -0.2) is 0 Å². The molecule has 0 saturated carbocycles. The van der Waals surface area contributed by atoms with E-state index in [2.05, 4.69) is 42.2 Å². The highest BCUT2D eigenvalue weighted by Crippen LogP contribution is 2.21. The molecule has 1 fully saturated rings. The fraction of sp³-hybridized carbons (Fsp3) is 0.766. The summed E-state index contributed by atoms with van der Waals surface area (Å²) in [4.78, 5) is 142. The Kier molecular flexibility index (Phi) is 27.8. The van der Waals surface area contributed by atoms with Crippen molar-refractivity contribution in [3.63, 3.8) is 0 Å². The van der Waals surface area contributed by atoms with E-state index in [1.165, 1.54) is 37.7 Å². The second-order valence-corrected chi connectivity index (χ2v) is 18.8. The fourth-order valence-corrected chi connectivity index (χ4v) is 7.94. The van der Waals surface area contributed by atoms with Crippen LogP contribution in [-0.4, -0.2) is 180 Å². The third-order valence-electron chi connectivity index (χ3n) is 12.7. The van der Waals surface area contributed by atoms with Crippen LogP contribution < -0.4 is 48.7 Å². The van der Waals surface area contributed by atoms with Crippen molar-refractivity contribution in [3.8, 4) is 0 Å². The number of guanidine groups is 1. The van der Waals surface area contributed by atoms with Gasteiger partial charge in [0.05, 0.1) is 19.2 Å². The van der Waals surface area contributed by atoms with E-state index in [1.54, 1.807) is 48.5 Å².